The maximum Gasteiger partial charge on any atom is 0.255 e. The molecule has 0 fully saturated rings. The van der Waals surface area contributed by atoms with Gasteiger partial charge in [-0.1, -0.05) is 42.5 Å². The lowest BCUT2D eigenvalue weighted by Crippen LogP contribution is -2.27. The van der Waals surface area contributed by atoms with Gasteiger partial charge in [-0.25, -0.2) is 4.98 Å². The normalized spacial score (nSPS) is 10.4. The first kappa shape index (κ1) is 24.0. The van der Waals surface area contributed by atoms with Crippen LogP contribution in [-0.4, -0.2) is 30.5 Å². The van der Waals surface area contributed by atoms with Crippen molar-refractivity contribution in [2.24, 2.45) is 0 Å². The summed E-state index contributed by atoms with van der Waals surface area (Å²) in [6.07, 6.45) is 0.720. The van der Waals surface area contributed by atoms with Gasteiger partial charge in [0.2, 0.25) is 0 Å². The first-order valence-corrected chi connectivity index (χ1v) is 12.0. The highest BCUT2D eigenvalue weighted by Gasteiger charge is 2.16. The highest BCUT2D eigenvalue weighted by molar-refractivity contribution is 7.07. The van der Waals surface area contributed by atoms with E-state index in [1.54, 1.807) is 48.0 Å². The first-order valence-electron chi connectivity index (χ1n) is 11.0. The fourth-order valence-electron chi connectivity index (χ4n) is 3.43. The Bertz CT molecular complexity index is 1280. The van der Waals surface area contributed by atoms with Crippen molar-refractivity contribution < 1.29 is 19.1 Å². The molecule has 0 spiro atoms. The van der Waals surface area contributed by atoms with Crippen LogP contribution in [0.4, 0.5) is 5.69 Å². The Hall–Kier alpha value is -4.17. The summed E-state index contributed by atoms with van der Waals surface area (Å²) in [5.74, 6) is 0.328. The van der Waals surface area contributed by atoms with E-state index in [4.69, 9.17) is 9.47 Å². The molecule has 4 rings (SSSR count). The molecule has 8 heteroatoms. The first-order chi connectivity index (χ1) is 17.1. The number of nitrogens with zero attached hydrogens (tertiary/aromatic N) is 1. The van der Waals surface area contributed by atoms with Crippen LogP contribution in [0.1, 0.15) is 32.0 Å². The maximum absolute atomic E-state index is 13.0. The zero-order valence-corrected chi connectivity index (χ0v) is 20.0. The predicted molar refractivity (Wildman–Crippen MR) is 136 cm³/mol. The Balaban J connectivity index is 1.40. The molecule has 0 bridgehead atoms. The van der Waals surface area contributed by atoms with Crippen molar-refractivity contribution in [3.05, 3.63) is 106 Å². The van der Waals surface area contributed by atoms with E-state index in [0.29, 0.717) is 41.5 Å². The lowest BCUT2D eigenvalue weighted by Gasteiger charge is -2.13. The van der Waals surface area contributed by atoms with Crippen LogP contribution in [0.15, 0.2) is 83.7 Å². The van der Waals surface area contributed by atoms with Gasteiger partial charge in [0.1, 0.15) is 6.61 Å². The summed E-state index contributed by atoms with van der Waals surface area (Å²) in [7, 11) is 1.52. The van der Waals surface area contributed by atoms with Crippen LogP contribution in [0.2, 0.25) is 0 Å². The van der Waals surface area contributed by atoms with E-state index in [1.165, 1.54) is 18.4 Å². The molecule has 4 aromatic rings. The quantitative estimate of drug-likeness (QED) is 0.330. The molecule has 1 heterocycles. The zero-order valence-electron chi connectivity index (χ0n) is 19.2. The van der Waals surface area contributed by atoms with Crippen molar-refractivity contribution in [3.63, 3.8) is 0 Å². The van der Waals surface area contributed by atoms with Crippen molar-refractivity contribution in [2.45, 2.75) is 13.0 Å². The SMILES string of the molecule is COc1cc(C(=O)Nc2ccccc2C(=O)NCCc2ccccc2)ccc1OCc1cscn1. The van der Waals surface area contributed by atoms with Crippen LogP contribution >= 0.6 is 11.3 Å². The molecule has 2 amide bonds. The molecule has 0 aliphatic carbocycles. The summed E-state index contributed by atoms with van der Waals surface area (Å²) in [5.41, 5.74) is 4.90. The molecule has 2 N–H and O–H groups in total. The van der Waals surface area contributed by atoms with E-state index >= 15 is 0 Å². The van der Waals surface area contributed by atoms with Crippen molar-refractivity contribution in [3.8, 4) is 11.5 Å². The van der Waals surface area contributed by atoms with E-state index in [9.17, 15) is 9.59 Å². The minimum Gasteiger partial charge on any atom is -0.493 e. The standard InChI is InChI=1S/C27H25N3O4S/c1-33-25-15-20(11-12-24(25)34-16-21-17-35-18-29-21)26(31)30-23-10-6-5-9-22(23)27(32)28-14-13-19-7-3-2-4-8-19/h2-12,15,17-18H,13-14,16H2,1H3,(H,28,32)(H,30,31). The third kappa shape index (κ3) is 6.45. The number of nitrogens with one attached hydrogen (secondary N) is 2. The molecule has 178 valence electrons. The minimum absolute atomic E-state index is 0.250. The van der Waals surface area contributed by atoms with Gasteiger partial charge in [0.05, 0.1) is 29.6 Å². The van der Waals surface area contributed by atoms with Gasteiger partial charge in [0, 0.05) is 17.5 Å². The lowest BCUT2D eigenvalue weighted by molar-refractivity contribution is 0.0955. The fourth-order valence-corrected chi connectivity index (χ4v) is 3.98. The topological polar surface area (TPSA) is 89.5 Å². The number of aromatic nitrogens is 1. The Morgan fingerprint density at radius 1 is 0.943 bits per heavy atom. The third-order valence-electron chi connectivity index (χ3n) is 5.25. The Morgan fingerprint density at radius 3 is 2.51 bits per heavy atom. The smallest absolute Gasteiger partial charge is 0.255 e. The summed E-state index contributed by atoms with van der Waals surface area (Å²) in [5, 5.41) is 7.66. The molecule has 0 radical (unpaired) electrons. The summed E-state index contributed by atoms with van der Waals surface area (Å²) in [6, 6.07) is 21.8. The number of anilines is 1. The van der Waals surface area contributed by atoms with Crippen molar-refractivity contribution in [1.82, 2.24) is 10.3 Å². The molecule has 0 atom stereocenters. The number of rotatable bonds is 10. The highest BCUT2D eigenvalue weighted by atomic mass is 32.1. The average molecular weight is 488 g/mol. The number of carbonyl (C=O) groups is 2. The number of carbonyl (C=O) groups excluding carboxylic acids is 2. The van der Waals surface area contributed by atoms with Gasteiger partial charge in [0.15, 0.2) is 11.5 Å². The van der Waals surface area contributed by atoms with Gasteiger partial charge in [-0.15, -0.1) is 11.3 Å². The van der Waals surface area contributed by atoms with E-state index in [2.05, 4.69) is 15.6 Å². The van der Waals surface area contributed by atoms with E-state index in [-0.39, 0.29) is 11.8 Å². The number of benzene rings is 3. The second kappa shape index (κ2) is 11.8. The number of para-hydroxylation sites is 1. The number of thiazole rings is 1. The zero-order chi connectivity index (χ0) is 24.5. The van der Waals surface area contributed by atoms with E-state index in [1.807, 2.05) is 35.7 Å². The Kier molecular flexibility index (Phi) is 8.08. The van der Waals surface area contributed by atoms with Gasteiger partial charge in [-0.05, 0) is 42.3 Å². The number of amides is 2. The second-order valence-corrected chi connectivity index (χ2v) is 8.34. The highest BCUT2D eigenvalue weighted by Crippen LogP contribution is 2.29. The van der Waals surface area contributed by atoms with Crippen LogP contribution in [0.5, 0.6) is 11.5 Å². The van der Waals surface area contributed by atoms with Crippen molar-refractivity contribution in [1.29, 1.82) is 0 Å². The number of ether oxygens (including phenoxy) is 2. The monoisotopic (exact) mass is 487 g/mol. The van der Waals surface area contributed by atoms with Crippen molar-refractivity contribution >= 4 is 28.8 Å². The molecule has 35 heavy (non-hydrogen) atoms. The molecule has 3 aromatic carbocycles. The summed E-state index contributed by atoms with van der Waals surface area (Å²) in [6.45, 7) is 0.794. The fraction of sp³-hybridized carbons (Fsp3) is 0.148. The molecule has 0 unspecified atom stereocenters. The molecular weight excluding hydrogens is 462 g/mol. The van der Waals surface area contributed by atoms with Crippen LogP contribution in [0.3, 0.4) is 0 Å². The molecule has 0 aliphatic heterocycles. The number of methoxy groups -OCH3 is 1. The van der Waals surface area contributed by atoms with Gasteiger partial charge in [-0.3, -0.25) is 9.59 Å². The van der Waals surface area contributed by atoms with Gasteiger partial charge >= 0.3 is 0 Å². The number of hydrogen-bond acceptors (Lipinski definition) is 6. The van der Waals surface area contributed by atoms with Crippen LogP contribution < -0.4 is 20.1 Å². The summed E-state index contributed by atoms with van der Waals surface area (Å²) >= 11 is 1.49. The molecular formula is C27H25N3O4S. The third-order valence-corrected chi connectivity index (χ3v) is 5.88. The van der Waals surface area contributed by atoms with Gasteiger partial charge in [-0.2, -0.15) is 0 Å². The molecule has 0 saturated carbocycles. The number of hydrogen-bond donors (Lipinski definition) is 2. The Labute approximate surface area is 207 Å². The Morgan fingerprint density at radius 2 is 1.74 bits per heavy atom. The molecule has 0 aliphatic rings. The maximum atomic E-state index is 13.0. The predicted octanol–water partition coefficient (Wildman–Crippen LogP) is 4.96. The van der Waals surface area contributed by atoms with Gasteiger partial charge < -0.3 is 20.1 Å². The van der Waals surface area contributed by atoms with Gasteiger partial charge in [0.25, 0.3) is 11.8 Å². The van der Waals surface area contributed by atoms with E-state index < -0.39 is 0 Å². The lowest BCUT2D eigenvalue weighted by atomic mass is 10.1. The summed E-state index contributed by atoms with van der Waals surface area (Å²) in [4.78, 5) is 29.9. The molecule has 7 nitrogen and oxygen atoms in total. The van der Waals surface area contributed by atoms with Crippen molar-refractivity contribution in [2.75, 3.05) is 19.0 Å². The molecule has 0 saturated heterocycles. The van der Waals surface area contributed by atoms with E-state index in [0.717, 1.165) is 17.7 Å². The molecule has 1 aromatic heterocycles. The summed E-state index contributed by atoms with van der Waals surface area (Å²) < 4.78 is 11.2. The largest absolute Gasteiger partial charge is 0.493 e. The van der Waals surface area contributed by atoms with Crippen LogP contribution in [-0.2, 0) is 13.0 Å². The average Bonchev–Trinajstić information content (AvgIpc) is 3.42. The van der Waals surface area contributed by atoms with Crippen LogP contribution in [0, 0.1) is 0 Å². The minimum atomic E-state index is -0.362. The second-order valence-electron chi connectivity index (χ2n) is 7.63. The van der Waals surface area contributed by atoms with Crippen LogP contribution in [0.25, 0.3) is 0 Å².